The minimum absolute atomic E-state index is 0.283. The Morgan fingerprint density at radius 3 is 2.81 bits per heavy atom. The zero-order valence-electron chi connectivity index (χ0n) is 13.2. The molecule has 0 bridgehead atoms. The summed E-state index contributed by atoms with van der Waals surface area (Å²) in [6, 6.07) is 10.6. The number of hydrogen-bond acceptors (Lipinski definition) is 3. The maximum Gasteiger partial charge on any atom is 0.119 e. The van der Waals surface area contributed by atoms with Crippen molar-refractivity contribution in [2.24, 2.45) is 0 Å². The van der Waals surface area contributed by atoms with Gasteiger partial charge in [0, 0.05) is 18.0 Å². The molecule has 0 saturated carbocycles. The molecule has 0 aliphatic carbocycles. The van der Waals surface area contributed by atoms with E-state index in [0.29, 0.717) is 0 Å². The van der Waals surface area contributed by atoms with Crippen LogP contribution in [0.25, 0.3) is 0 Å². The van der Waals surface area contributed by atoms with Gasteiger partial charge >= 0.3 is 0 Å². The van der Waals surface area contributed by atoms with E-state index in [0.717, 1.165) is 37.3 Å². The lowest BCUT2D eigenvalue weighted by Gasteiger charge is -2.19. The first kappa shape index (κ1) is 15.6. The fourth-order valence-electron chi connectivity index (χ4n) is 2.59. The maximum absolute atomic E-state index is 5.59. The topological polar surface area (TPSA) is 34.4 Å². The number of aryl methyl sites for hydroxylation is 1. The Balaban J connectivity index is 2.19. The van der Waals surface area contributed by atoms with E-state index in [1.807, 2.05) is 12.1 Å². The molecule has 114 valence electrons. The fourth-order valence-corrected chi connectivity index (χ4v) is 2.59. The molecule has 3 nitrogen and oxygen atoms in total. The molecule has 1 aromatic heterocycles. The van der Waals surface area contributed by atoms with Crippen LogP contribution in [-0.2, 0) is 12.8 Å². The Morgan fingerprint density at radius 2 is 2.10 bits per heavy atom. The van der Waals surface area contributed by atoms with Crippen LogP contribution in [-0.4, -0.2) is 13.7 Å². The zero-order chi connectivity index (χ0) is 15.1. The van der Waals surface area contributed by atoms with Gasteiger partial charge in [-0.05, 0) is 43.1 Å². The van der Waals surface area contributed by atoms with E-state index in [9.17, 15) is 0 Å². The number of furan rings is 1. The molecule has 2 aromatic rings. The molecule has 0 amide bonds. The lowest BCUT2D eigenvalue weighted by Crippen LogP contribution is -2.24. The minimum atomic E-state index is 0.283. The van der Waals surface area contributed by atoms with Gasteiger partial charge < -0.3 is 14.5 Å². The lowest BCUT2D eigenvalue weighted by atomic mass is 9.98. The minimum Gasteiger partial charge on any atom is -0.497 e. The average Bonchev–Trinajstić information content (AvgIpc) is 3.00. The third kappa shape index (κ3) is 4.11. The van der Waals surface area contributed by atoms with E-state index in [-0.39, 0.29) is 6.04 Å². The molecule has 0 aliphatic rings. The molecular weight excluding hydrogens is 262 g/mol. The predicted molar refractivity (Wildman–Crippen MR) is 85.8 cm³/mol. The fraction of sp³-hybridized carbons (Fsp3) is 0.444. The summed E-state index contributed by atoms with van der Waals surface area (Å²) < 4.78 is 10.9. The molecule has 21 heavy (non-hydrogen) atoms. The molecule has 1 atom stereocenters. The van der Waals surface area contributed by atoms with Crippen molar-refractivity contribution in [1.82, 2.24) is 5.32 Å². The second-order valence-electron chi connectivity index (χ2n) is 5.22. The number of ether oxygens (including phenoxy) is 1. The van der Waals surface area contributed by atoms with Gasteiger partial charge in [0.25, 0.3) is 0 Å². The van der Waals surface area contributed by atoms with Gasteiger partial charge in [0.05, 0.1) is 13.4 Å². The van der Waals surface area contributed by atoms with Gasteiger partial charge in [0.2, 0.25) is 0 Å². The molecule has 1 aromatic carbocycles. The molecule has 2 rings (SSSR count). The second-order valence-corrected chi connectivity index (χ2v) is 5.22. The van der Waals surface area contributed by atoms with Crippen LogP contribution in [0.15, 0.2) is 41.0 Å². The third-order valence-corrected chi connectivity index (χ3v) is 3.69. The first-order chi connectivity index (χ1) is 10.3. The first-order valence-corrected chi connectivity index (χ1v) is 7.71. The van der Waals surface area contributed by atoms with Crippen LogP contribution >= 0.6 is 0 Å². The van der Waals surface area contributed by atoms with Crippen LogP contribution in [0.5, 0.6) is 5.75 Å². The summed E-state index contributed by atoms with van der Waals surface area (Å²) in [4.78, 5) is 0. The summed E-state index contributed by atoms with van der Waals surface area (Å²) >= 11 is 0. The predicted octanol–water partition coefficient (Wildman–Crippen LogP) is 4.13. The number of nitrogens with one attached hydrogen (secondary N) is 1. The summed E-state index contributed by atoms with van der Waals surface area (Å²) in [7, 11) is 1.71. The van der Waals surface area contributed by atoms with Gasteiger partial charge in [-0.1, -0.05) is 26.0 Å². The van der Waals surface area contributed by atoms with Crippen molar-refractivity contribution < 1.29 is 9.15 Å². The van der Waals surface area contributed by atoms with Crippen LogP contribution in [0.1, 0.15) is 43.2 Å². The Hall–Kier alpha value is -1.74. The van der Waals surface area contributed by atoms with E-state index in [4.69, 9.17) is 9.15 Å². The molecule has 1 N–H and O–H groups in total. The van der Waals surface area contributed by atoms with Crippen LogP contribution in [0.3, 0.4) is 0 Å². The summed E-state index contributed by atoms with van der Waals surface area (Å²) in [6.07, 6.45) is 4.77. The lowest BCUT2D eigenvalue weighted by molar-refractivity contribution is 0.413. The quantitative estimate of drug-likeness (QED) is 0.792. The highest BCUT2D eigenvalue weighted by Crippen LogP contribution is 2.25. The van der Waals surface area contributed by atoms with Crippen molar-refractivity contribution in [2.75, 3.05) is 13.7 Å². The van der Waals surface area contributed by atoms with E-state index in [1.54, 1.807) is 13.4 Å². The van der Waals surface area contributed by atoms with E-state index in [2.05, 4.69) is 37.4 Å². The van der Waals surface area contributed by atoms with E-state index in [1.165, 1.54) is 11.1 Å². The highest BCUT2D eigenvalue weighted by molar-refractivity contribution is 5.31. The van der Waals surface area contributed by atoms with Crippen molar-refractivity contribution in [2.45, 2.75) is 39.2 Å². The molecular formula is C18H25NO2. The second kappa shape index (κ2) is 7.89. The van der Waals surface area contributed by atoms with Gasteiger partial charge in [-0.3, -0.25) is 0 Å². The molecule has 0 saturated heterocycles. The van der Waals surface area contributed by atoms with Gasteiger partial charge in [0.1, 0.15) is 11.5 Å². The molecule has 0 fully saturated rings. The third-order valence-electron chi connectivity index (χ3n) is 3.69. The molecule has 3 heteroatoms. The number of hydrogen-bond donors (Lipinski definition) is 1. The Morgan fingerprint density at radius 1 is 1.24 bits per heavy atom. The highest BCUT2D eigenvalue weighted by Gasteiger charge is 2.17. The van der Waals surface area contributed by atoms with Crippen molar-refractivity contribution in [3.63, 3.8) is 0 Å². The summed E-state index contributed by atoms with van der Waals surface area (Å²) in [5.74, 6) is 1.98. The van der Waals surface area contributed by atoms with Gasteiger partial charge in [-0.2, -0.15) is 0 Å². The first-order valence-electron chi connectivity index (χ1n) is 7.71. The Labute approximate surface area is 127 Å². The summed E-state index contributed by atoms with van der Waals surface area (Å²) in [5, 5.41) is 3.63. The van der Waals surface area contributed by atoms with E-state index >= 15 is 0 Å². The van der Waals surface area contributed by atoms with Crippen LogP contribution in [0, 0.1) is 0 Å². The summed E-state index contributed by atoms with van der Waals surface area (Å²) in [6.45, 7) is 5.32. The molecule has 1 heterocycles. The van der Waals surface area contributed by atoms with Crippen molar-refractivity contribution in [1.29, 1.82) is 0 Å². The van der Waals surface area contributed by atoms with Crippen molar-refractivity contribution >= 4 is 0 Å². The normalized spacial score (nSPS) is 12.3. The smallest absolute Gasteiger partial charge is 0.119 e. The zero-order valence-corrected chi connectivity index (χ0v) is 13.2. The Bertz CT molecular complexity index is 548. The SMILES string of the molecule is CCCNC(Cc1cccc(OC)c1)c1ccoc1CC. The standard InChI is InChI=1S/C18H25NO2/c1-4-10-19-17(16-9-11-21-18(16)5-2)13-14-7-6-8-15(12-14)20-3/h6-9,11-12,17,19H,4-5,10,13H2,1-3H3. The van der Waals surface area contributed by atoms with Crippen LogP contribution < -0.4 is 10.1 Å². The molecule has 0 radical (unpaired) electrons. The summed E-state index contributed by atoms with van der Waals surface area (Å²) in [5.41, 5.74) is 2.54. The number of benzene rings is 1. The Kier molecular flexibility index (Phi) is 5.88. The molecule has 0 aliphatic heterocycles. The van der Waals surface area contributed by atoms with Crippen LogP contribution in [0.2, 0.25) is 0 Å². The van der Waals surface area contributed by atoms with Crippen molar-refractivity contribution in [3.8, 4) is 5.75 Å². The number of rotatable bonds is 8. The average molecular weight is 287 g/mol. The van der Waals surface area contributed by atoms with Gasteiger partial charge in [-0.25, -0.2) is 0 Å². The molecule has 0 spiro atoms. The number of methoxy groups -OCH3 is 1. The van der Waals surface area contributed by atoms with Crippen LogP contribution in [0.4, 0.5) is 0 Å². The van der Waals surface area contributed by atoms with Gasteiger partial charge in [0.15, 0.2) is 0 Å². The van der Waals surface area contributed by atoms with E-state index < -0.39 is 0 Å². The van der Waals surface area contributed by atoms with Crippen molar-refractivity contribution in [3.05, 3.63) is 53.5 Å². The molecule has 1 unspecified atom stereocenters. The highest BCUT2D eigenvalue weighted by atomic mass is 16.5. The van der Waals surface area contributed by atoms with Gasteiger partial charge in [-0.15, -0.1) is 0 Å². The monoisotopic (exact) mass is 287 g/mol. The maximum atomic E-state index is 5.59. The largest absolute Gasteiger partial charge is 0.497 e.